The first-order valence-corrected chi connectivity index (χ1v) is 4.48. The van der Waals surface area contributed by atoms with Crippen LogP contribution in [0.3, 0.4) is 0 Å². The van der Waals surface area contributed by atoms with E-state index in [1.165, 1.54) is 0 Å². The van der Waals surface area contributed by atoms with Crippen molar-refractivity contribution in [2.24, 2.45) is 0 Å². The maximum absolute atomic E-state index is 5.48. The molecule has 0 aliphatic heterocycles. The summed E-state index contributed by atoms with van der Waals surface area (Å²) >= 11 is 3.31. The topological polar surface area (TPSA) is 56.7 Å². The first-order valence-electron chi connectivity index (χ1n) is 3.69. The molecule has 13 heavy (non-hydrogen) atoms. The van der Waals surface area contributed by atoms with Crippen LogP contribution in [0.1, 0.15) is 0 Å². The number of nitrogens with zero attached hydrogens (tertiary/aromatic N) is 3. The van der Waals surface area contributed by atoms with Gasteiger partial charge in [-0.15, -0.1) is 5.10 Å². The van der Waals surface area contributed by atoms with Crippen molar-refractivity contribution < 1.29 is 0 Å². The van der Waals surface area contributed by atoms with Crippen molar-refractivity contribution in [2.75, 3.05) is 5.73 Å². The van der Waals surface area contributed by atoms with Crippen molar-refractivity contribution in [3.05, 3.63) is 35.1 Å². The minimum Gasteiger partial charge on any atom is -0.382 e. The summed E-state index contributed by atoms with van der Waals surface area (Å²) in [7, 11) is 0. The van der Waals surface area contributed by atoms with Crippen LogP contribution in [-0.2, 0) is 0 Å². The first-order chi connectivity index (χ1) is 6.25. The molecule has 0 atom stereocenters. The highest BCUT2D eigenvalue weighted by Gasteiger charge is 1.98. The summed E-state index contributed by atoms with van der Waals surface area (Å²) in [5, 5.41) is 4.03. The van der Waals surface area contributed by atoms with Gasteiger partial charge in [0.25, 0.3) is 0 Å². The number of nitrogens with two attached hydrogens (primary N) is 1. The Kier molecular flexibility index (Phi) is 2.02. The fourth-order valence-electron chi connectivity index (χ4n) is 0.969. The number of nitrogen functional groups attached to an aromatic ring is 1. The molecule has 0 aromatic carbocycles. The molecule has 2 aromatic heterocycles. The maximum Gasteiger partial charge on any atom is 0.153 e. The number of anilines is 1. The summed E-state index contributed by atoms with van der Waals surface area (Å²) in [5.74, 6) is 1.24. The van der Waals surface area contributed by atoms with Crippen LogP contribution in [0, 0.1) is 0 Å². The Hall–Kier alpha value is -1.36. The molecule has 0 amide bonds. The monoisotopic (exact) mass is 238 g/mol. The Morgan fingerprint density at radius 1 is 1.31 bits per heavy atom. The lowest BCUT2D eigenvalue weighted by molar-refractivity contribution is 0.851. The second-order valence-electron chi connectivity index (χ2n) is 2.52. The van der Waals surface area contributed by atoms with Crippen LogP contribution in [0.5, 0.6) is 0 Å². The number of hydrogen-bond donors (Lipinski definition) is 1. The van der Waals surface area contributed by atoms with Crippen molar-refractivity contribution in [3.63, 3.8) is 0 Å². The number of rotatable bonds is 1. The quantitative estimate of drug-likeness (QED) is 0.822. The van der Waals surface area contributed by atoms with Crippen molar-refractivity contribution in [3.8, 4) is 5.82 Å². The second kappa shape index (κ2) is 3.18. The molecule has 0 spiro atoms. The van der Waals surface area contributed by atoms with E-state index in [1.807, 2.05) is 12.1 Å². The van der Waals surface area contributed by atoms with Gasteiger partial charge in [-0.05, 0) is 28.1 Å². The summed E-state index contributed by atoms with van der Waals surface area (Å²) < 4.78 is 2.57. The molecule has 4 nitrogen and oxygen atoms in total. The number of halogens is 1. The average molecular weight is 239 g/mol. The Balaban J connectivity index is 2.41. The summed E-state index contributed by atoms with van der Waals surface area (Å²) in [6.07, 6.45) is 3.48. The van der Waals surface area contributed by atoms with Crippen LogP contribution in [0.25, 0.3) is 5.82 Å². The lowest BCUT2D eigenvalue weighted by atomic mass is 10.5. The molecule has 0 aliphatic carbocycles. The van der Waals surface area contributed by atoms with Gasteiger partial charge in [-0.1, -0.05) is 0 Å². The minimum absolute atomic E-state index is 0.490. The van der Waals surface area contributed by atoms with Gasteiger partial charge in [-0.3, -0.25) is 0 Å². The van der Waals surface area contributed by atoms with Gasteiger partial charge in [0.2, 0.25) is 0 Å². The van der Waals surface area contributed by atoms with E-state index in [9.17, 15) is 0 Å². The summed E-state index contributed by atoms with van der Waals surface area (Å²) in [5.41, 5.74) is 5.48. The van der Waals surface area contributed by atoms with Crippen LogP contribution < -0.4 is 5.73 Å². The summed E-state index contributed by atoms with van der Waals surface area (Å²) in [6.45, 7) is 0. The zero-order valence-electron chi connectivity index (χ0n) is 6.68. The molecular weight excluding hydrogens is 232 g/mol. The molecule has 0 bridgehead atoms. The summed E-state index contributed by atoms with van der Waals surface area (Å²) in [4.78, 5) is 4.16. The van der Waals surface area contributed by atoms with Gasteiger partial charge in [0.15, 0.2) is 5.82 Å². The molecule has 0 radical (unpaired) electrons. The second-order valence-corrected chi connectivity index (χ2v) is 3.44. The predicted octanol–water partition coefficient (Wildman–Crippen LogP) is 1.61. The number of pyridine rings is 1. The average Bonchev–Trinajstić information content (AvgIpc) is 2.53. The zero-order valence-corrected chi connectivity index (χ0v) is 8.27. The Labute approximate surface area is 83.5 Å². The van der Waals surface area contributed by atoms with Crippen LogP contribution in [0.4, 0.5) is 5.82 Å². The van der Waals surface area contributed by atoms with E-state index in [4.69, 9.17) is 5.73 Å². The van der Waals surface area contributed by atoms with Gasteiger partial charge in [0.1, 0.15) is 5.82 Å². The zero-order chi connectivity index (χ0) is 9.26. The van der Waals surface area contributed by atoms with Crippen LogP contribution in [0.15, 0.2) is 35.1 Å². The first kappa shape index (κ1) is 8.25. The molecule has 0 saturated carbocycles. The third kappa shape index (κ3) is 1.70. The predicted molar refractivity (Wildman–Crippen MR) is 53.5 cm³/mol. The van der Waals surface area contributed by atoms with Gasteiger partial charge in [0.05, 0.1) is 0 Å². The van der Waals surface area contributed by atoms with Crippen LogP contribution >= 0.6 is 15.9 Å². The number of aromatic nitrogens is 3. The van der Waals surface area contributed by atoms with E-state index in [2.05, 4.69) is 26.0 Å². The van der Waals surface area contributed by atoms with E-state index in [-0.39, 0.29) is 0 Å². The largest absolute Gasteiger partial charge is 0.382 e. The van der Waals surface area contributed by atoms with E-state index < -0.39 is 0 Å². The Bertz CT molecular complexity index is 406. The van der Waals surface area contributed by atoms with E-state index >= 15 is 0 Å². The highest BCUT2D eigenvalue weighted by molar-refractivity contribution is 9.10. The van der Waals surface area contributed by atoms with E-state index in [0.29, 0.717) is 5.82 Å². The molecule has 2 aromatic rings. The smallest absolute Gasteiger partial charge is 0.153 e. The fourth-order valence-corrected chi connectivity index (χ4v) is 1.20. The molecule has 66 valence electrons. The third-order valence-corrected chi connectivity index (χ3v) is 2.03. The SMILES string of the molecule is Nc1ccn(-c2ccc(Br)cn2)n1. The Morgan fingerprint density at radius 2 is 2.15 bits per heavy atom. The molecule has 5 heteroatoms. The highest BCUT2D eigenvalue weighted by atomic mass is 79.9. The molecule has 0 unspecified atom stereocenters. The van der Waals surface area contributed by atoms with Gasteiger partial charge in [0, 0.05) is 22.9 Å². The highest BCUT2D eigenvalue weighted by Crippen LogP contribution is 2.10. The van der Waals surface area contributed by atoms with Gasteiger partial charge in [-0.2, -0.15) is 0 Å². The summed E-state index contributed by atoms with van der Waals surface area (Å²) in [6, 6.07) is 5.49. The molecule has 2 rings (SSSR count). The van der Waals surface area contributed by atoms with Crippen molar-refractivity contribution in [2.45, 2.75) is 0 Å². The van der Waals surface area contributed by atoms with Crippen molar-refractivity contribution in [1.82, 2.24) is 14.8 Å². The normalized spacial score (nSPS) is 10.2. The van der Waals surface area contributed by atoms with E-state index in [1.54, 1.807) is 23.1 Å². The van der Waals surface area contributed by atoms with Crippen molar-refractivity contribution >= 4 is 21.7 Å². The molecular formula is C8H7BrN4. The molecule has 2 heterocycles. The molecule has 2 N–H and O–H groups in total. The molecule has 0 aliphatic rings. The number of hydrogen-bond acceptors (Lipinski definition) is 3. The fraction of sp³-hybridized carbons (Fsp3) is 0. The lowest BCUT2D eigenvalue weighted by Crippen LogP contribution is -1.98. The van der Waals surface area contributed by atoms with Gasteiger partial charge < -0.3 is 5.73 Å². The molecule has 0 fully saturated rings. The standard InChI is InChI=1S/C8H7BrN4/c9-6-1-2-8(11-5-6)13-4-3-7(10)12-13/h1-5H,(H2,10,12). The van der Waals surface area contributed by atoms with Crippen LogP contribution in [0.2, 0.25) is 0 Å². The van der Waals surface area contributed by atoms with E-state index in [0.717, 1.165) is 10.3 Å². The van der Waals surface area contributed by atoms with Gasteiger partial charge in [-0.25, -0.2) is 9.67 Å². The van der Waals surface area contributed by atoms with Gasteiger partial charge >= 0.3 is 0 Å². The third-order valence-electron chi connectivity index (χ3n) is 1.56. The maximum atomic E-state index is 5.48. The van der Waals surface area contributed by atoms with Crippen LogP contribution in [-0.4, -0.2) is 14.8 Å². The molecule has 0 saturated heterocycles. The Morgan fingerprint density at radius 3 is 2.69 bits per heavy atom. The van der Waals surface area contributed by atoms with Crippen molar-refractivity contribution in [1.29, 1.82) is 0 Å². The minimum atomic E-state index is 0.490. The lowest BCUT2D eigenvalue weighted by Gasteiger charge is -1.98.